The average Bonchev–Trinajstić information content (AvgIpc) is 3.10. The second-order valence-corrected chi connectivity index (χ2v) is 8.11. The highest BCUT2D eigenvalue weighted by atomic mass is 16.3. The lowest BCUT2D eigenvalue weighted by Gasteiger charge is -2.52. The molecule has 0 amide bonds. The molecule has 3 heterocycles. The number of anilines is 2. The Labute approximate surface area is 164 Å². The molecule has 3 atom stereocenters. The predicted octanol–water partition coefficient (Wildman–Crippen LogP) is 2.60. The van der Waals surface area contributed by atoms with E-state index in [1.165, 1.54) is 0 Å². The van der Waals surface area contributed by atoms with E-state index in [1.807, 2.05) is 25.2 Å². The quantitative estimate of drug-likeness (QED) is 0.712. The minimum absolute atomic E-state index is 0.157. The van der Waals surface area contributed by atoms with E-state index in [-0.39, 0.29) is 12.0 Å². The van der Waals surface area contributed by atoms with E-state index in [9.17, 15) is 5.11 Å². The normalized spacial score (nSPS) is 27.7. The summed E-state index contributed by atoms with van der Waals surface area (Å²) < 4.78 is 1.74. The molecule has 1 saturated heterocycles. The van der Waals surface area contributed by atoms with Gasteiger partial charge in [-0.15, -0.1) is 0 Å². The van der Waals surface area contributed by atoms with E-state index in [0.717, 1.165) is 42.3 Å². The van der Waals surface area contributed by atoms with Crippen LogP contribution in [0, 0.1) is 5.92 Å². The smallest absolute Gasteiger partial charge is 0.229 e. The van der Waals surface area contributed by atoms with Crippen LogP contribution < -0.4 is 10.6 Å². The van der Waals surface area contributed by atoms with E-state index in [0.29, 0.717) is 24.7 Å². The van der Waals surface area contributed by atoms with Gasteiger partial charge in [0.15, 0.2) is 5.65 Å². The Kier molecular flexibility index (Phi) is 4.01. The number of aromatic nitrogens is 4. The predicted molar refractivity (Wildman–Crippen MR) is 109 cm³/mol. The molecular weight excluding hydrogens is 352 g/mol. The molecule has 1 aliphatic heterocycles. The molecule has 5 rings (SSSR count). The largest absolute Gasteiger partial charge is 0.385 e. The van der Waals surface area contributed by atoms with Crippen molar-refractivity contribution in [1.29, 1.82) is 0 Å². The molecule has 2 aromatic heterocycles. The van der Waals surface area contributed by atoms with Crippen LogP contribution in [0.1, 0.15) is 37.7 Å². The Hall–Kier alpha value is -2.67. The SMILES string of the molecule is Cn1ncc2c(N)nc(N3CC[C@@](O)(c4ccccc4)[C@H]4CCCC[C@H]43)nc21. The van der Waals surface area contributed by atoms with E-state index in [2.05, 4.69) is 27.1 Å². The standard InChI is InChI=1S/C21H26N6O/c1-26-19-15(13-23-26)18(22)24-20(25-19)27-12-11-21(28,14-7-3-2-4-8-14)16-9-5-6-10-17(16)27/h2-4,7-8,13,16-17,28H,5-6,9-12H2,1H3,(H2,22,24,25)/t16-,17+,21+/m0/s1. The maximum absolute atomic E-state index is 11.7. The Morgan fingerprint density at radius 1 is 1.14 bits per heavy atom. The Morgan fingerprint density at radius 3 is 2.75 bits per heavy atom. The van der Waals surface area contributed by atoms with Crippen LogP contribution >= 0.6 is 0 Å². The number of nitrogen functional groups attached to an aromatic ring is 1. The maximum atomic E-state index is 11.7. The lowest BCUT2D eigenvalue weighted by molar-refractivity contribution is -0.0692. The molecular formula is C21H26N6O. The molecule has 28 heavy (non-hydrogen) atoms. The molecule has 2 fully saturated rings. The highest BCUT2D eigenvalue weighted by molar-refractivity contribution is 5.86. The van der Waals surface area contributed by atoms with Crippen LogP contribution in [0.3, 0.4) is 0 Å². The molecule has 3 aromatic rings. The lowest BCUT2D eigenvalue weighted by atomic mass is 9.66. The number of aliphatic hydroxyl groups is 1. The van der Waals surface area contributed by atoms with Gasteiger partial charge >= 0.3 is 0 Å². The van der Waals surface area contributed by atoms with Gasteiger partial charge in [-0.25, -0.2) is 0 Å². The van der Waals surface area contributed by atoms with Crippen molar-refractivity contribution in [2.24, 2.45) is 13.0 Å². The summed E-state index contributed by atoms with van der Waals surface area (Å²) in [6.45, 7) is 0.704. The summed E-state index contributed by atoms with van der Waals surface area (Å²) in [5.74, 6) is 1.27. The topological polar surface area (TPSA) is 93.1 Å². The zero-order chi connectivity index (χ0) is 19.3. The zero-order valence-corrected chi connectivity index (χ0v) is 16.1. The van der Waals surface area contributed by atoms with Crippen molar-refractivity contribution in [1.82, 2.24) is 19.7 Å². The highest BCUT2D eigenvalue weighted by Gasteiger charge is 2.49. The van der Waals surface area contributed by atoms with Gasteiger partial charge in [0.1, 0.15) is 5.82 Å². The van der Waals surface area contributed by atoms with Crippen molar-refractivity contribution < 1.29 is 5.11 Å². The summed E-state index contributed by atoms with van der Waals surface area (Å²) in [5.41, 5.74) is 7.18. The van der Waals surface area contributed by atoms with Crippen molar-refractivity contribution in [3.8, 4) is 0 Å². The molecule has 7 nitrogen and oxygen atoms in total. The van der Waals surface area contributed by atoms with Gasteiger partial charge in [-0.05, 0) is 24.8 Å². The van der Waals surface area contributed by atoms with Gasteiger partial charge < -0.3 is 15.7 Å². The van der Waals surface area contributed by atoms with Crippen LogP contribution in [0.25, 0.3) is 11.0 Å². The van der Waals surface area contributed by atoms with E-state index in [4.69, 9.17) is 10.7 Å². The number of benzene rings is 1. The van der Waals surface area contributed by atoms with Gasteiger partial charge in [0, 0.05) is 25.6 Å². The van der Waals surface area contributed by atoms with Crippen LogP contribution in [0.4, 0.5) is 11.8 Å². The van der Waals surface area contributed by atoms with Gasteiger partial charge in [-0.2, -0.15) is 15.1 Å². The average molecular weight is 378 g/mol. The van der Waals surface area contributed by atoms with E-state index < -0.39 is 5.60 Å². The molecule has 1 saturated carbocycles. The zero-order valence-electron chi connectivity index (χ0n) is 16.1. The van der Waals surface area contributed by atoms with Gasteiger partial charge in [0.2, 0.25) is 5.95 Å². The number of aryl methyl sites for hydroxylation is 1. The number of hydrogen-bond acceptors (Lipinski definition) is 6. The van der Waals surface area contributed by atoms with Crippen LogP contribution in [-0.2, 0) is 12.6 Å². The molecule has 146 valence electrons. The van der Waals surface area contributed by atoms with Crippen LogP contribution in [0.15, 0.2) is 36.5 Å². The molecule has 3 N–H and O–H groups in total. The maximum Gasteiger partial charge on any atom is 0.229 e. The molecule has 2 aliphatic rings. The number of nitrogens with two attached hydrogens (primary N) is 1. The molecule has 1 aromatic carbocycles. The number of piperidine rings is 1. The van der Waals surface area contributed by atoms with Gasteiger partial charge in [0.05, 0.1) is 17.2 Å². The van der Waals surface area contributed by atoms with Crippen LogP contribution in [0.5, 0.6) is 0 Å². The van der Waals surface area contributed by atoms with E-state index in [1.54, 1.807) is 10.9 Å². The Morgan fingerprint density at radius 2 is 1.93 bits per heavy atom. The van der Waals surface area contributed by atoms with Crippen LogP contribution in [-0.4, -0.2) is 37.4 Å². The molecule has 7 heteroatoms. The molecule has 1 aliphatic carbocycles. The van der Waals surface area contributed by atoms with Gasteiger partial charge in [-0.1, -0.05) is 43.2 Å². The van der Waals surface area contributed by atoms with Crippen molar-refractivity contribution >= 4 is 22.8 Å². The first-order valence-electron chi connectivity index (χ1n) is 10.1. The number of fused-ring (bicyclic) bond motifs is 2. The fourth-order valence-corrected chi connectivity index (χ4v) is 5.18. The molecule has 0 bridgehead atoms. The molecule has 0 unspecified atom stereocenters. The second kappa shape index (κ2) is 6.44. The van der Waals surface area contributed by atoms with Crippen molar-refractivity contribution in [3.63, 3.8) is 0 Å². The third-order valence-corrected chi connectivity index (χ3v) is 6.62. The first kappa shape index (κ1) is 17.4. The van der Waals surface area contributed by atoms with E-state index >= 15 is 0 Å². The molecule has 0 radical (unpaired) electrons. The fourth-order valence-electron chi connectivity index (χ4n) is 5.18. The fraction of sp³-hybridized carbons (Fsp3) is 0.476. The minimum Gasteiger partial charge on any atom is -0.385 e. The first-order chi connectivity index (χ1) is 13.6. The minimum atomic E-state index is -0.801. The van der Waals surface area contributed by atoms with Gasteiger partial charge in [-0.3, -0.25) is 4.68 Å². The van der Waals surface area contributed by atoms with Crippen molar-refractivity contribution in [2.75, 3.05) is 17.2 Å². The monoisotopic (exact) mass is 378 g/mol. The first-order valence-corrected chi connectivity index (χ1v) is 10.1. The number of nitrogens with zero attached hydrogens (tertiary/aromatic N) is 5. The van der Waals surface area contributed by atoms with Crippen LogP contribution in [0.2, 0.25) is 0 Å². The Bertz CT molecular complexity index is 1000. The highest BCUT2D eigenvalue weighted by Crippen LogP contribution is 2.47. The summed E-state index contributed by atoms with van der Waals surface area (Å²) in [6.07, 6.45) is 6.72. The number of hydrogen-bond donors (Lipinski definition) is 2. The molecule has 0 spiro atoms. The second-order valence-electron chi connectivity index (χ2n) is 8.11. The van der Waals surface area contributed by atoms with Gasteiger partial charge in [0.25, 0.3) is 0 Å². The van der Waals surface area contributed by atoms with Crippen molar-refractivity contribution in [3.05, 3.63) is 42.1 Å². The summed E-state index contributed by atoms with van der Waals surface area (Å²) in [7, 11) is 1.87. The number of rotatable bonds is 2. The summed E-state index contributed by atoms with van der Waals surface area (Å²) in [4.78, 5) is 11.7. The lowest BCUT2D eigenvalue weighted by Crippen LogP contribution is -2.58. The van der Waals surface area contributed by atoms with Crippen molar-refractivity contribution in [2.45, 2.75) is 43.7 Å². The third kappa shape index (κ3) is 2.57. The Balaban J connectivity index is 1.55. The third-order valence-electron chi connectivity index (χ3n) is 6.62. The summed E-state index contributed by atoms with van der Waals surface area (Å²) >= 11 is 0. The summed E-state index contributed by atoms with van der Waals surface area (Å²) in [5, 5.41) is 16.8. The summed E-state index contributed by atoms with van der Waals surface area (Å²) in [6, 6.07) is 10.3.